The number of carbonyl (C=O) groups is 1. The van der Waals surface area contributed by atoms with E-state index in [4.69, 9.17) is 4.52 Å². The number of carbonyl (C=O) groups excluding carboxylic acids is 1. The monoisotopic (exact) mass is 389 g/mol. The van der Waals surface area contributed by atoms with Crippen molar-refractivity contribution >= 4 is 5.91 Å². The Balaban J connectivity index is 1.40. The van der Waals surface area contributed by atoms with Crippen LogP contribution in [-0.2, 0) is 4.79 Å². The lowest BCUT2D eigenvalue weighted by Gasteiger charge is -2.33. The van der Waals surface area contributed by atoms with Gasteiger partial charge in [0.2, 0.25) is 17.6 Å². The Kier molecular flexibility index (Phi) is 5.74. The molecule has 1 aliphatic heterocycles. The van der Waals surface area contributed by atoms with Gasteiger partial charge in [0.25, 0.3) is 0 Å². The quantitative estimate of drug-likeness (QED) is 0.620. The molecule has 0 N–H and O–H groups in total. The van der Waals surface area contributed by atoms with E-state index in [0.29, 0.717) is 11.7 Å². The van der Waals surface area contributed by atoms with Gasteiger partial charge in [-0.3, -0.25) is 4.79 Å². The number of aryl methyl sites for hydroxylation is 1. The number of hydrogen-bond acceptors (Lipinski definition) is 4. The number of hydrogen-bond donors (Lipinski definition) is 0. The van der Waals surface area contributed by atoms with Crippen LogP contribution in [0.5, 0.6) is 0 Å². The molecule has 2 aromatic carbocycles. The van der Waals surface area contributed by atoms with Gasteiger partial charge in [-0.15, -0.1) is 0 Å². The van der Waals surface area contributed by atoms with Crippen LogP contribution in [-0.4, -0.2) is 34.0 Å². The van der Waals surface area contributed by atoms with Crippen molar-refractivity contribution in [2.24, 2.45) is 0 Å². The normalized spacial score (nSPS) is 16.0. The predicted molar refractivity (Wildman–Crippen MR) is 113 cm³/mol. The lowest BCUT2D eigenvalue weighted by molar-refractivity contribution is -0.134. The minimum atomic E-state index is -0.0657. The van der Waals surface area contributed by atoms with Crippen molar-refractivity contribution in [3.05, 3.63) is 71.6 Å². The number of likely N-dealkylation sites (tertiary alicyclic amines) is 1. The molecule has 29 heavy (non-hydrogen) atoms. The first-order valence-electron chi connectivity index (χ1n) is 10.4. The number of piperidine rings is 1. The summed E-state index contributed by atoms with van der Waals surface area (Å²) in [6.07, 6.45) is 2.52. The molecule has 0 bridgehead atoms. The van der Waals surface area contributed by atoms with Crippen LogP contribution in [0.15, 0.2) is 59.1 Å². The molecule has 1 aromatic heterocycles. The molecule has 3 aromatic rings. The van der Waals surface area contributed by atoms with Crippen LogP contribution in [0.2, 0.25) is 0 Å². The van der Waals surface area contributed by atoms with E-state index in [2.05, 4.69) is 36.1 Å². The fourth-order valence-electron chi connectivity index (χ4n) is 4.11. The van der Waals surface area contributed by atoms with Crippen molar-refractivity contribution in [2.45, 2.75) is 44.9 Å². The molecule has 1 saturated heterocycles. The van der Waals surface area contributed by atoms with Crippen LogP contribution in [0.25, 0.3) is 11.4 Å². The highest BCUT2D eigenvalue weighted by Crippen LogP contribution is 2.31. The Morgan fingerprint density at radius 1 is 1.14 bits per heavy atom. The first-order valence-corrected chi connectivity index (χ1v) is 10.4. The van der Waals surface area contributed by atoms with Crippen LogP contribution >= 0.6 is 0 Å². The second kappa shape index (κ2) is 8.60. The number of amides is 1. The Morgan fingerprint density at radius 3 is 2.59 bits per heavy atom. The minimum absolute atomic E-state index is 0.0657. The summed E-state index contributed by atoms with van der Waals surface area (Å²) in [5, 5.41) is 4.17. The Hall–Kier alpha value is -2.95. The van der Waals surface area contributed by atoms with Crippen molar-refractivity contribution < 1.29 is 9.32 Å². The lowest BCUT2D eigenvalue weighted by atomic mass is 9.92. The molecule has 2 heterocycles. The average Bonchev–Trinajstić information content (AvgIpc) is 3.25. The van der Waals surface area contributed by atoms with E-state index in [1.54, 1.807) is 0 Å². The van der Waals surface area contributed by atoms with Crippen LogP contribution in [0.4, 0.5) is 0 Å². The molecular weight excluding hydrogens is 362 g/mol. The van der Waals surface area contributed by atoms with Crippen molar-refractivity contribution in [1.82, 2.24) is 15.0 Å². The summed E-state index contributed by atoms with van der Waals surface area (Å²) in [5.41, 5.74) is 3.24. The van der Waals surface area contributed by atoms with Crippen molar-refractivity contribution in [3.8, 4) is 11.4 Å². The van der Waals surface area contributed by atoms with Gasteiger partial charge in [-0.2, -0.15) is 4.98 Å². The molecule has 5 heteroatoms. The second-order valence-corrected chi connectivity index (χ2v) is 7.80. The van der Waals surface area contributed by atoms with Gasteiger partial charge in [0.1, 0.15) is 0 Å². The largest absolute Gasteiger partial charge is 0.342 e. The first kappa shape index (κ1) is 19.4. The molecule has 1 aliphatic rings. The van der Waals surface area contributed by atoms with Gasteiger partial charge in [0.05, 0.1) is 5.92 Å². The van der Waals surface area contributed by atoms with E-state index >= 15 is 0 Å². The molecule has 5 nitrogen and oxygen atoms in total. The molecule has 0 radical (unpaired) electrons. The Bertz CT molecular complexity index is 959. The van der Waals surface area contributed by atoms with Crippen LogP contribution < -0.4 is 0 Å². The van der Waals surface area contributed by atoms with E-state index in [0.717, 1.165) is 43.5 Å². The molecule has 1 atom stereocenters. The molecule has 1 unspecified atom stereocenters. The average molecular weight is 389 g/mol. The Morgan fingerprint density at radius 2 is 1.90 bits per heavy atom. The maximum absolute atomic E-state index is 13.1. The zero-order chi connectivity index (χ0) is 20.2. The zero-order valence-electron chi connectivity index (χ0n) is 17.0. The molecule has 0 spiro atoms. The molecule has 1 fully saturated rings. The van der Waals surface area contributed by atoms with E-state index in [9.17, 15) is 4.79 Å². The Labute approximate surface area is 171 Å². The summed E-state index contributed by atoms with van der Waals surface area (Å²) in [6, 6.07) is 18.2. The van der Waals surface area contributed by atoms with Gasteiger partial charge in [-0.05, 0) is 37.8 Å². The van der Waals surface area contributed by atoms with Crippen LogP contribution in [0.1, 0.15) is 55.0 Å². The summed E-state index contributed by atoms with van der Waals surface area (Å²) in [4.78, 5) is 19.7. The third-order valence-electron chi connectivity index (χ3n) is 5.78. The molecular formula is C24H27N3O2. The number of aromatic nitrogens is 2. The highest BCUT2D eigenvalue weighted by Gasteiger charge is 2.31. The van der Waals surface area contributed by atoms with Gasteiger partial charge in [-0.25, -0.2) is 0 Å². The SMILES string of the molecule is CCC(C(=O)N1CCC(c2nc(-c3cccc(C)c3)no2)CC1)c1ccccc1. The fraction of sp³-hybridized carbons (Fsp3) is 0.375. The maximum atomic E-state index is 13.1. The summed E-state index contributed by atoms with van der Waals surface area (Å²) in [6.45, 7) is 5.59. The van der Waals surface area contributed by atoms with Crippen LogP contribution in [0, 0.1) is 6.92 Å². The van der Waals surface area contributed by atoms with Gasteiger partial charge >= 0.3 is 0 Å². The highest BCUT2D eigenvalue weighted by molar-refractivity contribution is 5.83. The predicted octanol–water partition coefficient (Wildman–Crippen LogP) is 4.94. The third kappa shape index (κ3) is 4.24. The highest BCUT2D eigenvalue weighted by atomic mass is 16.5. The minimum Gasteiger partial charge on any atom is -0.342 e. The number of nitrogens with zero attached hydrogens (tertiary/aromatic N) is 3. The molecule has 0 saturated carbocycles. The van der Waals surface area contributed by atoms with Crippen molar-refractivity contribution in [2.75, 3.05) is 13.1 Å². The van der Waals surface area contributed by atoms with Gasteiger partial charge in [0, 0.05) is 24.6 Å². The lowest BCUT2D eigenvalue weighted by Crippen LogP contribution is -2.40. The second-order valence-electron chi connectivity index (χ2n) is 7.80. The number of benzene rings is 2. The zero-order valence-corrected chi connectivity index (χ0v) is 17.0. The van der Waals surface area contributed by atoms with Gasteiger partial charge < -0.3 is 9.42 Å². The number of rotatable bonds is 5. The van der Waals surface area contributed by atoms with Gasteiger partial charge in [-0.1, -0.05) is 66.2 Å². The van der Waals surface area contributed by atoms with E-state index < -0.39 is 0 Å². The molecule has 1 amide bonds. The summed E-state index contributed by atoms with van der Waals surface area (Å²) in [7, 11) is 0. The molecule has 0 aliphatic carbocycles. The standard InChI is InChI=1S/C24H27N3O2/c1-3-21(18-9-5-4-6-10-18)24(28)27-14-12-19(13-15-27)23-25-22(26-29-23)20-11-7-8-17(2)16-20/h4-11,16,19,21H,3,12-15H2,1-2H3. The smallest absolute Gasteiger partial charge is 0.230 e. The molecule has 4 rings (SSSR count). The van der Waals surface area contributed by atoms with Gasteiger partial charge in [0.15, 0.2) is 0 Å². The molecule has 150 valence electrons. The van der Waals surface area contributed by atoms with Crippen molar-refractivity contribution in [1.29, 1.82) is 0 Å². The maximum Gasteiger partial charge on any atom is 0.230 e. The third-order valence-corrected chi connectivity index (χ3v) is 5.78. The van der Waals surface area contributed by atoms with E-state index in [1.807, 2.05) is 47.4 Å². The summed E-state index contributed by atoms with van der Waals surface area (Å²) in [5.74, 6) is 1.69. The summed E-state index contributed by atoms with van der Waals surface area (Å²) < 4.78 is 5.57. The first-order chi connectivity index (χ1) is 14.2. The summed E-state index contributed by atoms with van der Waals surface area (Å²) >= 11 is 0. The van der Waals surface area contributed by atoms with Crippen LogP contribution in [0.3, 0.4) is 0 Å². The van der Waals surface area contributed by atoms with Crippen molar-refractivity contribution in [3.63, 3.8) is 0 Å². The van der Waals surface area contributed by atoms with E-state index in [1.165, 1.54) is 5.56 Å². The fourth-order valence-corrected chi connectivity index (χ4v) is 4.11. The van der Waals surface area contributed by atoms with E-state index in [-0.39, 0.29) is 17.7 Å². The topological polar surface area (TPSA) is 59.2 Å².